The monoisotopic (exact) mass is 497 g/mol. The Morgan fingerprint density at radius 2 is 1.97 bits per heavy atom. The largest absolute Gasteiger partial charge is 0.366 e. The first-order valence-corrected chi connectivity index (χ1v) is 13.0. The second kappa shape index (κ2) is 9.50. The van der Waals surface area contributed by atoms with Gasteiger partial charge in [-0.05, 0) is 60.7 Å². The number of fused-ring (bicyclic) bond motifs is 8. The highest BCUT2D eigenvalue weighted by Crippen LogP contribution is 2.48. The fourth-order valence-corrected chi connectivity index (χ4v) is 6.59. The van der Waals surface area contributed by atoms with E-state index in [1.54, 1.807) is 12.3 Å². The second-order valence-electron chi connectivity index (χ2n) is 10.4. The number of pyridine rings is 2. The zero-order valence-corrected chi connectivity index (χ0v) is 20.9. The molecule has 1 fully saturated rings. The van der Waals surface area contributed by atoms with Gasteiger partial charge in [-0.2, -0.15) is 0 Å². The molecule has 5 heterocycles. The summed E-state index contributed by atoms with van der Waals surface area (Å²) in [6.07, 6.45) is 3.99. The minimum Gasteiger partial charge on any atom is -0.366 e. The zero-order chi connectivity index (χ0) is 25.5. The molecule has 0 aliphatic carbocycles. The van der Waals surface area contributed by atoms with Gasteiger partial charge in [0.05, 0.1) is 5.92 Å². The van der Waals surface area contributed by atoms with Gasteiger partial charge < -0.3 is 20.1 Å². The van der Waals surface area contributed by atoms with Crippen LogP contribution in [0.4, 0.5) is 11.4 Å². The molecule has 8 heteroatoms. The summed E-state index contributed by atoms with van der Waals surface area (Å²) in [6.45, 7) is 3.51. The maximum atomic E-state index is 13.8. The van der Waals surface area contributed by atoms with Crippen molar-refractivity contribution in [1.82, 2.24) is 14.9 Å². The molecule has 1 aromatic carbocycles. The first-order chi connectivity index (χ1) is 18.0. The molecule has 3 aliphatic heterocycles. The molecule has 6 rings (SSSR count). The Morgan fingerprint density at radius 1 is 1.08 bits per heavy atom. The summed E-state index contributed by atoms with van der Waals surface area (Å²) in [5.74, 6) is 0.0535. The summed E-state index contributed by atoms with van der Waals surface area (Å²) in [7, 11) is 0. The third kappa shape index (κ3) is 4.41. The first kappa shape index (κ1) is 23.5. The van der Waals surface area contributed by atoms with Crippen LogP contribution in [-0.4, -0.2) is 40.5 Å². The number of rotatable bonds is 5. The molecule has 8 nitrogen and oxygen atoms in total. The number of benzene rings is 1. The minimum absolute atomic E-state index is 0.0235. The van der Waals surface area contributed by atoms with Gasteiger partial charge in [0.1, 0.15) is 0 Å². The van der Waals surface area contributed by atoms with Gasteiger partial charge in [0.2, 0.25) is 11.8 Å². The number of carbonyl (C=O) groups excluding carboxylic acids is 2. The standard InChI is InChI=1S/C29H31N5O3/c1-18(35)32-22-8-9-25-20(14-22)15-24(29(37)31-12-10-21-5-2-3-11-30-21)28-23-13-19(17-34(25)28)16-33-26(23)6-4-7-27(33)36/h2-9,11,14,19,23-24,28H,10,12-13,15-17H2,1H3,(H,31,37)(H,32,35)/t19-,23+,24?,28+/m0/s1. The molecule has 4 atom stereocenters. The molecule has 1 unspecified atom stereocenters. The Bertz CT molecular complexity index is 1400. The number of nitrogens with zero attached hydrogens (tertiary/aromatic N) is 3. The van der Waals surface area contributed by atoms with Crippen molar-refractivity contribution in [3.8, 4) is 0 Å². The fourth-order valence-electron chi connectivity index (χ4n) is 6.59. The Labute approximate surface area is 215 Å². The molecule has 2 bridgehead atoms. The number of carbonyl (C=O) groups is 2. The lowest BCUT2D eigenvalue weighted by Gasteiger charge is -2.54. The molecular formula is C29H31N5O3. The van der Waals surface area contributed by atoms with Gasteiger partial charge in [-0.3, -0.25) is 19.4 Å². The predicted octanol–water partition coefficient (Wildman–Crippen LogP) is 2.73. The number of piperidine rings is 1. The quantitative estimate of drug-likeness (QED) is 0.565. The van der Waals surface area contributed by atoms with Crippen molar-refractivity contribution in [2.75, 3.05) is 23.3 Å². The molecule has 3 aromatic rings. The number of nitrogens with one attached hydrogen (secondary N) is 2. The summed E-state index contributed by atoms with van der Waals surface area (Å²) in [4.78, 5) is 44.9. The molecule has 2 N–H and O–H groups in total. The molecule has 0 radical (unpaired) electrons. The zero-order valence-electron chi connectivity index (χ0n) is 20.9. The normalized spacial score (nSPS) is 23.3. The number of hydrogen-bond donors (Lipinski definition) is 2. The number of aromatic nitrogens is 2. The van der Waals surface area contributed by atoms with Gasteiger partial charge in [-0.15, -0.1) is 0 Å². The first-order valence-electron chi connectivity index (χ1n) is 13.0. The van der Waals surface area contributed by atoms with Crippen LogP contribution in [0.1, 0.15) is 36.2 Å². The topological polar surface area (TPSA) is 96.3 Å². The van der Waals surface area contributed by atoms with Crippen LogP contribution < -0.4 is 21.1 Å². The molecule has 3 aliphatic rings. The van der Waals surface area contributed by atoms with E-state index in [4.69, 9.17) is 0 Å². The van der Waals surface area contributed by atoms with E-state index in [0.29, 0.717) is 31.8 Å². The van der Waals surface area contributed by atoms with Crippen molar-refractivity contribution < 1.29 is 9.59 Å². The lowest BCUT2D eigenvalue weighted by atomic mass is 9.69. The Kier molecular flexibility index (Phi) is 6.02. The van der Waals surface area contributed by atoms with E-state index in [1.165, 1.54) is 6.92 Å². The van der Waals surface area contributed by atoms with E-state index in [-0.39, 0.29) is 35.3 Å². The van der Waals surface area contributed by atoms with Crippen LogP contribution in [0.5, 0.6) is 0 Å². The van der Waals surface area contributed by atoms with E-state index in [2.05, 4.69) is 32.7 Å². The van der Waals surface area contributed by atoms with Crippen molar-refractivity contribution in [2.24, 2.45) is 11.8 Å². The maximum absolute atomic E-state index is 13.8. The van der Waals surface area contributed by atoms with E-state index < -0.39 is 0 Å². The highest BCUT2D eigenvalue weighted by molar-refractivity contribution is 5.89. The summed E-state index contributed by atoms with van der Waals surface area (Å²) < 4.78 is 1.92. The molecule has 2 aromatic heterocycles. The Hall–Kier alpha value is -3.94. The second-order valence-corrected chi connectivity index (χ2v) is 10.4. The average Bonchev–Trinajstić information content (AvgIpc) is 2.89. The van der Waals surface area contributed by atoms with Crippen LogP contribution in [-0.2, 0) is 29.0 Å². The summed E-state index contributed by atoms with van der Waals surface area (Å²) >= 11 is 0. The molecule has 1 saturated heterocycles. The van der Waals surface area contributed by atoms with Crippen molar-refractivity contribution in [1.29, 1.82) is 0 Å². The summed E-state index contributed by atoms with van der Waals surface area (Å²) in [5, 5.41) is 6.06. The average molecular weight is 498 g/mol. The fraction of sp³-hybridized carbons (Fsp3) is 0.379. The predicted molar refractivity (Wildman–Crippen MR) is 142 cm³/mol. The van der Waals surface area contributed by atoms with Crippen LogP contribution in [0.25, 0.3) is 0 Å². The highest BCUT2D eigenvalue weighted by Gasteiger charge is 2.49. The smallest absolute Gasteiger partial charge is 0.250 e. The lowest BCUT2D eigenvalue weighted by Crippen LogP contribution is -2.60. The maximum Gasteiger partial charge on any atom is 0.250 e. The van der Waals surface area contributed by atoms with Crippen LogP contribution in [0.2, 0.25) is 0 Å². The van der Waals surface area contributed by atoms with Gasteiger partial charge in [-0.25, -0.2) is 0 Å². The van der Waals surface area contributed by atoms with Crippen molar-refractivity contribution in [3.05, 3.63) is 88.1 Å². The number of hydrogen-bond acceptors (Lipinski definition) is 5. The van der Waals surface area contributed by atoms with Gasteiger partial charge in [0.15, 0.2) is 0 Å². The van der Waals surface area contributed by atoms with Gasteiger partial charge in [0, 0.05) is 80.0 Å². The molecule has 2 amide bonds. The van der Waals surface area contributed by atoms with E-state index in [0.717, 1.165) is 41.3 Å². The van der Waals surface area contributed by atoms with Crippen LogP contribution in [0, 0.1) is 11.8 Å². The Balaban J connectivity index is 1.34. The molecule has 37 heavy (non-hydrogen) atoms. The van der Waals surface area contributed by atoms with Gasteiger partial charge in [-0.1, -0.05) is 12.1 Å². The van der Waals surface area contributed by atoms with Crippen LogP contribution in [0.3, 0.4) is 0 Å². The minimum atomic E-state index is -0.281. The molecule has 0 spiro atoms. The van der Waals surface area contributed by atoms with Crippen molar-refractivity contribution >= 4 is 23.2 Å². The van der Waals surface area contributed by atoms with Crippen molar-refractivity contribution in [3.63, 3.8) is 0 Å². The third-order valence-corrected chi connectivity index (χ3v) is 8.02. The van der Waals surface area contributed by atoms with E-state index in [1.807, 2.05) is 41.0 Å². The van der Waals surface area contributed by atoms with Crippen LogP contribution in [0.15, 0.2) is 65.6 Å². The molecular weight excluding hydrogens is 466 g/mol. The Morgan fingerprint density at radius 3 is 2.78 bits per heavy atom. The lowest BCUT2D eigenvalue weighted by molar-refractivity contribution is -0.126. The highest BCUT2D eigenvalue weighted by atomic mass is 16.2. The SMILES string of the molecule is CC(=O)Nc1ccc2c(c1)CC(C(=O)NCCc1ccccn1)[C@H]1[C@@H]3C[C@H](CN21)Cn1c3cccc1=O. The van der Waals surface area contributed by atoms with Gasteiger partial charge in [0.25, 0.3) is 5.56 Å². The summed E-state index contributed by atoms with van der Waals surface area (Å²) in [6, 6.07) is 17.3. The van der Waals surface area contributed by atoms with Gasteiger partial charge >= 0.3 is 0 Å². The number of amides is 2. The number of anilines is 2. The van der Waals surface area contributed by atoms with E-state index in [9.17, 15) is 14.4 Å². The summed E-state index contributed by atoms with van der Waals surface area (Å²) in [5.41, 5.74) is 4.94. The third-order valence-electron chi connectivity index (χ3n) is 8.02. The van der Waals surface area contributed by atoms with Crippen molar-refractivity contribution in [2.45, 2.75) is 44.7 Å². The van der Waals surface area contributed by atoms with Crippen LogP contribution >= 0.6 is 0 Å². The van der Waals surface area contributed by atoms with E-state index >= 15 is 0 Å². The molecule has 0 saturated carbocycles. The molecule has 190 valence electrons.